The number of hydrogen-bond donors (Lipinski definition) is 2. The van der Waals surface area contributed by atoms with Crippen LogP contribution in [0.3, 0.4) is 0 Å². The third kappa shape index (κ3) is 2.53. The fraction of sp³-hybridized carbons (Fsp3) is 0.692. The van der Waals surface area contributed by atoms with Gasteiger partial charge in [-0.3, -0.25) is 14.8 Å². The first-order chi connectivity index (χ1) is 10.2. The quantitative estimate of drug-likeness (QED) is 0.771. The standard InChI is InChI=1S/C13H20N4O4S/c1-9-3-11(15-14-9)6-16-4-10-5-17(22(2,20)21)8-13(10,7-16)12(18)19/h3,10H,4-8H2,1-2H3,(H,14,15)(H,18,19)/t10-,13-/m1/s1. The van der Waals surface area contributed by atoms with Crippen LogP contribution in [0.25, 0.3) is 0 Å². The van der Waals surface area contributed by atoms with Crippen molar-refractivity contribution in [2.45, 2.75) is 13.5 Å². The average molecular weight is 328 g/mol. The van der Waals surface area contributed by atoms with Gasteiger partial charge in [-0.25, -0.2) is 12.7 Å². The summed E-state index contributed by atoms with van der Waals surface area (Å²) in [7, 11) is -3.36. The normalized spacial score (nSPS) is 29.8. The van der Waals surface area contributed by atoms with Crippen LogP contribution in [0.4, 0.5) is 0 Å². The molecule has 3 heterocycles. The van der Waals surface area contributed by atoms with Crippen LogP contribution in [-0.2, 0) is 21.4 Å². The Bertz CT molecular complexity index is 701. The van der Waals surface area contributed by atoms with E-state index in [4.69, 9.17) is 0 Å². The van der Waals surface area contributed by atoms with Crippen LogP contribution in [0.1, 0.15) is 11.4 Å². The summed E-state index contributed by atoms with van der Waals surface area (Å²) in [6.07, 6.45) is 1.13. The molecule has 2 aliphatic rings. The smallest absolute Gasteiger partial charge is 0.312 e. The maximum Gasteiger partial charge on any atom is 0.312 e. The predicted molar refractivity (Wildman–Crippen MR) is 78.6 cm³/mol. The molecule has 0 radical (unpaired) electrons. The lowest BCUT2D eigenvalue weighted by Gasteiger charge is -2.24. The Balaban J connectivity index is 1.78. The lowest BCUT2D eigenvalue weighted by atomic mass is 9.81. The molecule has 2 saturated heterocycles. The number of carbonyl (C=O) groups is 1. The molecule has 0 aromatic carbocycles. The van der Waals surface area contributed by atoms with Crippen LogP contribution in [-0.4, -0.2) is 71.3 Å². The van der Waals surface area contributed by atoms with Crippen molar-refractivity contribution in [1.29, 1.82) is 0 Å². The molecule has 0 aliphatic carbocycles. The zero-order valence-corrected chi connectivity index (χ0v) is 13.4. The molecule has 1 aromatic heterocycles. The number of aromatic nitrogens is 2. The van der Waals surface area contributed by atoms with E-state index in [0.29, 0.717) is 19.6 Å². The van der Waals surface area contributed by atoms with Crippen molar-refractivity contribution in [2.24, 2.45) is 11.3 Å². The molecule has 1 aromatic rings. The number of likely N-dealkylation sites (tertiary alicyclic amines) is 1. The number of hydrogen-bond acceptors (Lipinski definition) is 5. The second-order valence-electron chi connectivity index (χ2n) is 6.43. The minimum absolute atomic E-state index is 0.0575. The predicted octanol–water partition coefficient (Wildman–Crippen LogP) is -0.504. The fourth-order valence-electron chi connectivity index (χ4n) is 3.58. The number of H-pyrrole nitrogens is 1. The lowest BCUT2D eigenvalue weighted by molar-refractivity contribution is -0.148. The Kier molecular flexibility index (Phi) is 3.54. The number of carboxylic acids is 1. The Morgan fingerprint density at radius 3 is 2.73 bits per heavy atom. The highest BCUT2D eigenvalue weighted by molar-refractivity contribution is 7.88. The monoisotopic (exact) mass is 328 g/mol. The van der Waals surface area contributed by atoms with Crippen LogP contribution in [0, 0.1) is 18.3 Å². The molecule has 122 valence electrons. The Labute approximate surface area is 129 Å². The molecule has 2 fully saturated rings. The Morgan fingerprint density at radius 1 is 1.50 bits per heavy atom. The van der Waals surface area contributed by atoms with Gasteiger partial charge in [-0.05, 0) is 13.0 Å². The van der Waals surface area contributed by atoms with Crippen molar-refractivity contribution in [1.82, 2.24) is 19.4 Å². The number of aliphatic carboxylic acids is 1. The molecule has 2 aliphatic heterocycles. The number of nitrogens with one attached hydrogen (secondary N) is 1. The zero-order valence-electron chi connectivity index (χ0n) is 12.6. The van der Waals surface area contributed by atoms with Crippen molar-refractivity contribution in [3.8, 4) is 0 Å². The molecule has 2 atom stereocenters. The van der Waals surface area contributed by atoms with Gasteiger partial charge in [0.2, 0.25) is 10.0 Å². The summed E-state index contributed by atoms with van der Waals surface area (Å²) < 4.78 is 24.7. The van der Waals surface area contributed by atoms with Gasteiger partial charge in [0.1, 0.15) is 0 Å². The van der Waals surface area contributed by atoms with Gasteiger partial charge in [-0.2, -0.15) is 5.10 Å². The van der Waals surface area contributed by atoms with E-state index >= 15 is 0 Å². The van der Waals surface area contributed by atoms with Crippen molar-refractivity contribution in [2.75, 3.05) is 32.4 Å². The minimum Gasteiger partial charge on any atom is -0.481 e. The topological polar surface area (TPSA) is 107 Å². The first kappa shape index (κ1) is 15.4. The molecule has 0 bridgehead atoms. The van der Waals surface area contributed by atoms with E-state index in [0.717, 1.165) is 17.6 Å². The van der Waals surface area contributed by atoms with Gasteiger partial charge >= 0.3 is 5.97 Å². The molecule has 2 N–H and O–H groups in total. The molecule has 8 nitrogen and oxygen atoms in total. The molecule has 3 rings (SSSR count). The van der Waals surface area contributed by atoms with Gasteiger partial charge in [0.05, 0.1) is 17.4 Å². The second-order valence-corrected chi connectivity index (χ2v) is 8.41. The summed E-state index contributed by atoms with van der Waals surface area (Å²) in [6.45, 7) is 3.75. The highest BCUT2D eigenvalue weighted by Gasteiger charge is 2.59. The summed E-state index contributed by atoms with van der Waals surface area (Å²) in [5, 5.41) is 16.7. The van der Waals surface area contributed by atoms with Crippen molar-refractivity contribution >= 4 is 16.0 Å². The molecular formula is C13H20N4O4S. The Morgan fingerprint density at radius 2 is 2.23 bits per heavy atom. The van der Waals surface area contributed by atoms with Crippen molar-refractivity contribution in [3.05, 3.63) is 17.5 Å². The van der Waals surface area contributed by atoms with Gasteiger partial charge in [0.25, 0.3) is 0 Å². The van der Waals surface area contributed by atoms with Gasteiger partial charge in [-0.15, -0.1) is 0 Å². The van der Waals surface area contributed by atoms with Crippen LogP contribution in [0.2, 0.25) is 0 Å². The highest BCUT2D eigenvalue weighted by Crippen LogP contribution is 2.43. The van der Waals surface area contributed by atoms with E-state index < -0.39 is 21.4 Å². The number of fused-ring (bicyclic) bond motifs is 1. The van der Waals surface area contributed by atoms with E-state index in [1.54, 1.807) is 0 Å². The third-order valence-electron chi connectivity index (χ3n) is 4.69. The average Bonchev–Trinajstić information content (AvgIpc) is 3.01. The lowest BCUT2D eigenvalue weighted by Crippen LogP contribution is -2.41. The van der Waals surface area contributed by atoms with Crippen molar-refractivity contribution in [3.63, 3.8) is 0 Å². The molecule has 0 unspecified atom stereocenters. The van der Waals surface area contributed by atoms with Crippen molar-refractivity contribution < 1.29 is 18.3 Å². The molecule has 9 heteroatoms. The summed E-state index contributed by atoms with van der Waals surface area (Å²) in [6, 6.07) is 1.93. The van der Waals surface area contributed by atoms with Crippen LogP contribution >= 0.6 is 0 Å². The fourth-order valence-corrected chi connectivity index (χ4v) is 4.50. The maximum atomic E-state index is 11.8. The first-order valence-electron chi connectivity index (χ1n) is 7.12. The molecule has 0 spiro atoms. The zero-order chi connectivity index (χ0) is 16.1. The second kappa shape index (κ2) is 5.04. The number of sulfonamides is 1. The third-order valence-corrected chi connectivity index (χ3v) is 5.90. The van der Waals surface area contributed by atoms with E-state index in [1.165, 1.54) is 4.31 Å². The Hall–Kier alpha value is -1.45. The number of carboxylic acid groups (broad SMARTS) is 1. The largest absolute Gasteiger partial charge is 0.481 e. The van der Waals surface area contributed by atoms with Gasteiger partial charge in [0, 0.05) is 44.3 Å². The summed E-state index contributed by atoms with van der Waals surface area (Å²) in [5.74, 6) is -1.09. The maximum absolute atomic E-state index is 11.8. The molecule has 0 amide bonds. The number of aryl methyl sites for hydroxylation is 1. The number of nitrogens with zero attached hydrogens (tertiary/aromatic N) is 3. The van der Waals surface area contributed by atoms with Crippen LogP contribution < -0.4 is 0 Å². The van der Waals surface area contributed by atoms with Gasteiger partial charge in [-0.1, -0.05) is 0 Å². The van der Waals surface area contributed by atoms with Gasteiger partial charge < -0.3 is 5.11 Å². The highest BCUT2D eigenvalue weighted by atomic mass is 32.2. The number of aromatic amines is 1. The van der Waals surface area contributed by atoms with Crippen LogP contribution in [0.5, 0.6) is 0 Å². The summed E-state index contributed by atoms with van der Waals surface area (Å²) in [5.41, 5.74) is 0.831. The van der Waals surface area contributed by atoms with E-state index in [1.807, 2.05) is 17.9 Å². The first-order valence-corrected chi connectivity index (χ1v) is 8.97. The minimum atomic E-state index is -3.36. The van der Waals surface area contributed by atoms with E-state index in [9.17, 15) is 18.3 Å². The summed E-state index contributed by atoms with van der Waals surface area (Å²) in [4.78, 5) is 13.9. The molecular weight excluding hydrogens is 308 g/mol. The van der Waals surface area contributed by atoms with Gasteiger partial charge in [0.15, 0.2) is 0 Å². The molecule has 22 heavy (non-hydrogen) atoms. The van der Waals surface area contributed by atoms with Crippen LogP contribution in [0.15, 0.2) is 6.07 Å². The summed E-state index contributed by atoms with van der Waals surface area (Å²) >= 11 is 0. The SMILES string of the molecule is Cc1cc(CN2C[C@@H]3CN(S(C)(=O)=O)C[C@]3(C(=O)O)C2)n[nH]1. The number of rotatable bonds is 4. The molecule has 0 saturated carbocycles. The van der Waals surface area contributed by atoms with E-state index in [2.05, 4.69) is 10.2 Å². The van der Waals surface area contributed by atoms with E-state index in [-0.39, 0.29) is 19.0 Å².